The molecule has 0 fully saturated rings. The molecule has 0 saturated heterocycles. The molecule has 6 heteroatoms. The molecule has 0 bridgehead atoms. The third-order valence-corrected chi connectivity index (χ3v) is 3.17. The first-order valence-electron chi connectivity index (χ1n) is 4.68. The highest BCUT2D eigenvalue weighted by Gasteiger charge is 2.16. The Morgan fingerprint density at radius 3 is 2.20 bits per heavy atom. The lowest BCUT2D eigenvalue weighted by Gasteiger charge is -2.19. The van der Waals surface area contributed by atoms with Gasteiger partial charge in [-0.2, -0.15) is 0 Å². The van der Waals surface area contributed by atoms with Gasteiger partial charge in [-0.1, -0.05) is 0 Å². The second kappa shape index (κ2) is 5.46. The summed E-state index contributed by atoms with van der Waals surface area (Å²) in [6.07, 6.45) is -0.349. The van der Waals surface area contributed by atoms with E-state index in [1.54, 1.807) is 0 Å². The molecule has 0 rings (SSSR count). The summed E-state index contributed by atoms with van der Waals surface area (Å²) in [5, 5.41) is 8.34. The van der Waals surface area contributed by atoms with Crippen LogP contribution in [0.4, 0.5) is 0 Å². The summed E-state index contributed by atoms with van der Waals surface area (Å²) < 4.78 is 27.8. The van der Waals surface area contributed by atoms with Crippen molar-refractivity contribution >= 4 is 15.8 Å². The lowest BCUT2D eigenvalue weighted by molar-refractivity contribution is -0.136. The lowest BCUT2D eigenvalue weighted by atomic mass is 10.2. The number of ether oxygens (including phenoxy) is 1. The van der Waals surface area contributed by atoms with Crippen molar-refractivity contribution in [3.05, 3.63) is 0 Å². The Morgan fingerprint density at radius 1 is 1.27 bits per heavy atom. The topological polar surface area (TPSA) is 80.7 Å². The van der Waals surface area contributed by atoms with Crippen LogP contribution in [0.5, 0.6) is 0 Å². The van der Waals surface area contributed by atoms with Crippen molar-refractivity contribution in [3.8, 4) is 0 Å². The highest BCUT2D eigenvalue weighted by atomic mass is 32.2. The Hall–Kier alpha value is -0.620. The smallest absolute Gasteiger partial charge is 0.304 e. The van der Waals surface area contributed by atoms with E-state index in [0.717, 1.165) is 0 Å². The van der Waals surface area contributed by atoms with Crippen LogP contribution in [0.15, 0.2) is 0 Å². The summed E-state index contributed by atoms with van der Waals surface area (Å²) in [4.78, 5) is 10.2. The zero-order chi connectivity index (χ0) is 12.1. The van der Waals surface area contributed by atoms with Crippen LogP contribution in [-0.2, 0) is 19.4 Å². The molecule has 0 aromatic heterocycles. The molecule has 5 nitrogen and oxygen atoms in total. The second-order valence-electron chi connectivity index (χ2n) is 4.26. The number of sulfone groups is 1. The summed E-state index contributed by atoms with van der Waals surface area (Å²) in [5.41, 5.74) is -0.373. The quantitative estimate of drug-likeness (QED) is 0.736. The summed E-state index contributed by atoms with van der Waals surface area (Å²) in [6.45, 7) is 5.59. The van der Waals surface area contributed by atoms with E-state index in [1.165, 1.54) is 0 Å². The molecule has 0 saturated carbocycles. The van der Waals surface area contributed by atoms with Gasteiger partial charge in [-0.05, 0) is 20.8 Å². The van der Waals surface area contributed by atoms with E-state index >= 15 is 0 Å². The maximum Gasteiger partial charge on any atom is 0.304 e. The molecular formula is C9H18O5S. The first-order valence-corrected chi connectivity index (χ1v) is 6.51. The molecule has 1 N–H and O–H groups in total. The van der Waals surface area contributed by atoms with Crippen LogP contribution < -0.4 is 0 Å². The van der Waals surface area contributed by atoms with E-state index in [2.05, 4.69) is 0 Å². The molecule has 0 radical (unpaired) electrons. The van der Waals surface area contributed by atoms with Crippen molar-refractivity contribution in [3.63, 3.8) is 0 Å². The third-order valence-electron chi connectivity index (χ3n) is 1.56. The van der Waals surface area contributed by atoms with Gasteiger partial charge in [0.15, 0.2) is 9.84 Å². The zero-order valence-electron chi connectivity index (χ0n) is 9.32. The zero-order valence-corrected chi connectivity index (χ0v) is 10.1. The van der Waals surface area contributed by atoms with Gasteiger partial charge < -0.3 is 9.84 Å². The van der Waals surface area contributed by atoms with Gasteiger partial charge in [0, 0.05) is 0 Å². The van der Waals surface area contributed by atoms with Crippen LogP contribution in [0, 0.1) is 0 Å². The minimum Gasteiger partial charge on any atom is -0.481 e. The van der Waals surface area contributed by atoms with Gasteiger partial charge in [-0.3, -0.25) is 4.79 Å². The van der Waals surface area contributed by atoms with E-state index in [9.17, 15) is 13.2 Å². The second-order valence-corrected chi connectivity index (χ2v) is 6.56. The SMILES string of the molecule is CC(C)(C)OCCS(=O)(=O)CCC(=O)O. The predicted octanol–water partition coefficient (Wildman–Crippen LogP) is 0.691. The maximum absolute atomic E-state index is 11.3. The van der Waals surface area contributed by atoms with E-state index < -0.39 is 15.8 Å². The average molecular weight is 238 g/mol. The van der Waals surface area contributed by atoms with Crippen molar-refractivity contribution in [1.29, 1.82) is 0 Å². The van der Waals surface area contributed by atoms with Crippen LogP contribution in [0.3, 0.4) is 0 Å². The van der Waals surface area contributed by atoms with Gasteiger partial charge in [0.05, 0.1) is 30.1 Å². The lowest BCUT2D eigenvalue weighted by Crippen LogP contribution is -2.25. The Morgan fingerprint density at radius 2 is 1.80 bits per heavy atom. The normalized spacial score (nSPS) is 12.7. The standard InChI is InChI=1S/C9H18O5S/c1-9(2,3)14-5-7-15(12,13)6-4-8(10)11/h4-7H2,1-3H3,(H,10,11). The van der Waals surface area contributed by atoms with Crippen molar-refractivity contribution in [1.82, 2.24) is 0 Å². The molecule has 0 aliphatic rings. The van der Waals surface area contributed by atoms with Crippen LogP contribution in [-0.4, -0.2) is 43.2 Å². The Balaban J connectivity index is 3.90. The Kier molecular flexibility index (Phi) is 5.23. The van der Waals surface area contributed by atoms with Crippen LogP contribution >= 0.6 is 0 Å². The third kappa shape index (κ3) is 9.68. The number of carbonyl (C=O) groups is 1. The Bertz CT molecular complexity index is 299. The highest BCUT2D eigenvalue weighted by molar-refractivity contribution is 7.91. The van der Waals surface area contributed by atoms with E-state index in [-0.39, 0.29) is 30.1 Å². The van der Waals surface area contributed by atoms with Gasteiger partial charge in [0.2, 0.25) is 0 Å². The van der Waals surface area contributed by atoms with E-state index in [4.69, 9.17) is 9.84 Å². The molecule has 0 heterocycles. The van der Waals surface area contributed by atoms with Crippen LogP contribution in [0.2, 0.25) is 0 Å². The molecule has 0 aliphatic carbocycles. The van der Waals surface area contributed by atoms with Crippen molar-refractivity contribution in [2.24, 2.45) is 0 Å². The first kappa shape index (κ1) is 14.4. The van der Waals surface area contributed by atoms with E-state index in [0.29, 0.717) is 0 Å². The molecule has 0 amide bonds. The minimum atomic E-state index is -3.30. The summed E-state index contributed by atoms with van der Waals surface area (Å²) >= 11 is 0. The number of hydrogen-bond donors (Lipinski definition) is 1. The molecule has 0 atom stereocenters. The van der Waals surface area contributed by atoms with E-state index in [1.807, 2.05) is 20.8 Å². The molecular weight excluding hydrogens is 220 g/mol. The van der Waals surface area contributed by atoms with Gasteiger partial charge in [0.25, 0.3) is 0 Å². The first-order chi connectivity index (χ1) is 6.62. The monoisotopic (exact) mass is 238 g/mol. The van der Waals surface area contributed by atoms with Gasteiger partial charge >= 0.3 is 5.97 Å². The fourth-order valence-electron chi connectivity index (χ4n) is 0.820. The van der Waals surface area contributed by atoms with Gasteiger partial charge in [-0.25, -0.2) is 8.42 Å². The number of rotatable bonds is 6. The molecule has 0 aromatic carbocycles. The highest BCUT2D eigenvalue weighted by Crippen LogP contribution is 2.06. The molecule has 0 aliphatic heterocycles. The number of carboxylic acids is 1. The fraction of sp³-hybridized carbons (Fsp3) is 0.889. The summed E-state index contributed by atoms with van der Waals surface area (Å²) in [5.74, 6) is -1.55. The average Bonchev–Trinajstić information content (AvgIpc) is 1.98. The fourth-order valence-corrected chi connectivity index (χ4v) is 1.85. The molecule has 90 valence electrons. The molecule has 0 aromatic rings. The summed E-state index contributed by atoms with van der Waals surface area (Å²) in [7, 11) is -3.30. The summed E-state index contributed by atoms with van der Waals surface area (Å²) in [6, 6.07) is 0. The molecule has 0 unspecified atom stereocenters. The number of aliphatic carboxylic acids is 1. The molecule has 15 heavy (non-hydrogen) atoms. The number of carboxylic acid groups (broad SMARTS) is 1. The largest absolute Gasteiger partial charge is 0.481 e. The van der Waals surface area contributed by atoms with Crippen molar-refractivity contribution in [2.75, 3.05) is 18.1 Å². The van der Waals surface area contributed by atoms with Crippen molar-refractivity contribution < 1.29 is 23.1 Å². The van der Waals surface area contributed by atoms with Gasteiger partial charge in [-0.15, -0.1) is 0 Å². The van der Waals surface area contributed by atoms with Crippen LogP contribution in [0.25, 0.3) is 0 Å². The predicted molar refractivity (Wildman–Crippen MR) is 56.6 cm³/mol. The van der Waals surface area contributed by atoms with Crippen LogP contribution in [0.1, 0.15) is 27.2 Å². The number of hydrogen-bond acceptors (Lipinski definition) is 4. The van der Waals surface area contributed by atoms with Crippen molar-refractivity contribution in [2.45, 2.75) is 32.8 Å². The minimum absolute atomic E-state index is 0.103. The Labute approximate surface area is 90.4 Å². The molecule has 0 spiro atoms. The maximum atomic E-state index is 11.3. The van der Waals surface area contributed by atoms with Gasteiger partial charge in [0.1, 0.15) is 0 Å².